The number of imidazole rings is 1. The number of nitrogens with zero attached hydrogens (tertiary/aromatic N) is 8. The summed E-state index contributed by atoms with van der Waals surface area (Å²) in [4.78, 5) is 18.5. The van der Waals surface area contributed by atoms with Crippen LogP contribution in [0.2, 0.25) is 0 Å². The van der Waals surface area contributed by atoms with Crippen LogP contribution in [-0.2, 0) is 11.3 Å². The number of aromatic nitrogens is 6. The Morgan fingerprint density at radius 2 is 2.03 bits per heavy atom. The van der Waals surface area contributed by atoms with Crippen LogP contribution in [0.25, 0.3) is 32.8 Å². The molecular formula is C24H24F4N10O. The lowest BCUT2D eigenvalue weighted by Crippen LogP contribution is -2.64. The number of halogens is 4. The number of hydrogen-bond acceptors (Lipinski definition) is 8. The van der Waals surface area contributed by atoms with Crippen molar-refractivity contribution >= 4 is 28.4 Å². The standard InChI is InChI=1S/C24H24F4N10O/c1-13-31-18-4-3-16(32-21(18)37(13)10-24(26,27)28)14-5-8-38-19(14)20(29)34-22(35-38)33-17-6-7-36(9-15(17)25)23(30-2)11-39-12-23/h3-5,8,15,17H,6-7,9-12H2,1H3,(H3,29,33,34,35)/t15-,17+/m1/s1. The first-order valence-corrected chi connectivity index (χ1v) is 12.2. The van der Waals surface area contributed by atoms with Gasteiger partial charge in [-0.2, -0.15) is 18.2 Å². The fraction of sp³-hybridized carbons (Fsp3) is 0.458. The van der Waals surface area contributed by atoms with Gasteiger partial charge in [0.2, 0.25) is 5.95 Å². The first-order chi connectivity index (χ1) is 18.6. The lowest BCUT2D eigenvalue weighted by Gasteiger charge is -2.43. The van der Waals surface area contributed by atoms with Crippen LogP contribution < -0.4 is 11.1 Å². The van der Waals surface area contributed by atoms with Crippen molar-refractivity contribution in [1.82, 2.24) is 34.0 Å². The van der Waals surface area contributed by atoms with E-state index in [0.29, 0.717) is 35.3 Å². The largest absolute Gasteiger partial charge is 0.406 e. The number of rotatable bonds is 5. The summed E-state index contributed by atoms with van der Waals surface area (Å²) in [6.07, 6.45) is -3.63. The minimum atomic E-state index is -4.43. The Labute approximate surface area is 219 Å². The van der Waals surface area contributed by atoms with Gasteiger partial charge in [0, 0.05) is 24.8 Å². The van der Waals surface area contributed by atoms with Crippen molar-refractivity contribution in [2.24, 2.45) is 0 Å². The van der Waals surface area contributed by atoms with Gasteiger partial charge in [-0.3, -0.25) is 4.85 Å². The molecule has 11 nitrogen and oxygen atoms in total. The van der Waals surface area contributed by atoms with E-state index in [2.05, 4.69) is 30.2 Å². The second-order valence-electron chi connectivity index (χ2n) is 9.83. The Bertz CT molecular complexity index is 1600. The molecule has 0 saturated carbocycles. The summed E-state index contributed by atoms with van der Waals surface area (Å²) in [7, 11) is 0. The number of piperidine rings is 1. The van der Waals surface area contributed by atoms with Crippen LogP contribution in [0.1, 0.15) is 12.2 Å². The molecule has 2 aliphatic heterocycles. The van der Waals surface area contributed by atoms with E-state index in [1.165, 1.54) is 11.4 Å². The number of ether oxygens (including phenoxy) is 1. The number of aryl methyl sites for hydroxylation is 1. The molecule has 0 spiro atoms. The summed E-state index contributed by atoms with van der Waals surface area (Å²) in [5.41, 5.74) is 7.28. The average molecular weight is 545 g/mol. The molecule has 4 aromatic rings. The molecule has 0 bridgehead atoms. The second kappa shape index (κ2) is 9.02. The van der Waals surface area contributed by atoms with Gasteiger partial charge in [-0.15, -0.1) is 5.10 Å². The van der Waals surface area contributed by atoms with Crippen LogP contribution in [0.5, 0.6) is 0 Å². The zero-order valence-corrected chi connectivity index (χ0v) is 20.8. The van der Waals surface area contributed by atoms with Gasteiger partial charge in [-0.05, 0) is 31.5 Å². The molecule has 2 fully saturated rings. The monoisotopic (exact) mass is 544 g/mol. The van der Waals surface area contributed by atoms with Crippen LogP contribution in [0.4, 0.5) is 29.3 Å². The molecule has 39 heavy (non-hydrogen) atoms. The van der Waals surface area contributed by atoms with Crippen molar-refractivity contribution in [3.63, 3.8) is 0 Å². The van der Waals surface area contributed by atoms with Gasteiger partial charge in [-0.25, -0.2) is 30.3 Å². The summed E-state index contributed by atoms with van der Waals surface area (Å²) in [6.45, 7) is 8.92. The Balaban J connectivity index is 1.26. The summed E-state index contributed by atoms with van der Waals surface area (Å²) >= 11 is 0. The molecule has 3 N–H and O–H groups in total. The summed E-state index contributed by atoms with van der Waals surface area (Å²) in [6, 6.07) is 4.38. The van der Waals surface area contributed by atoms with Gasteiger partial charge >= 0.3 is 11.8 Å². The minimum Gasteiger partial charge on any atom is -0.382 e. The average Bonchev–Trinajstić information content (AvgIpc) is 3.40. The van der Waals surface area contributed by atoms with Gasteiger partial charge in [0.25, 0.3) is 0 Å². The third-order valence-electron chi connectivity index (χ3n) is 7.25. The number of fused-ring (bicyclic) bond motifs is 2. The van der Waals surface area contributed by atoms with Crippen LogP contribution in [0.15, 0.2) is 24.4 Å². The lowest BCUT2D eigenvalue weighted by molar-refractivity contribution is -0.140. The SMILES string of the molecule is [C-]#[N+]C1(N2CC[C@H](Nc3nc(N)c4c(-c5ccc6nc(C)n(CC(F)(F)F)c6n5)ccn4n3)[C@H](F)C2)COC1. The number of alkyl halides is 4. The molecule has 4 aromatic heterocycles. The van der Waals surface area contributed by atoms with Crippen molar-refractivity contribution in [2.75, 3.05) is 37.4 Å². The normalized spacial score (nSPS) is 21.6. The number of hydrogen-bond donors (Lipinski definition) is 2. The lowest BCUT2D eigenvalue weighted by atomic mass is 9.97. The number of nitrogens with one attached hydrogen (secondary N) is 1. The molecule has 2 atom stereocenters. The minimum absolute atomic E-state index is 0.0906. The van der Waals surface area contributed by atoms with Crippen LogP contribution >= 0.6 is 0 Å². The third kappa shape index (κ3) is 4.39. The van der Waals surface area contributed by atoms with Crippen molar-refractivity contribution in [3.05, 3.63) is 41.6 Å². The Kier molecular flexibility index (Phi) is 5.84. The maximum absolute atomic E-state index is 15.1. The van der Waals surface area contributed by atoms with E-state index in [1.54, 1.807) is 24.4 Å². The van der Waals surface area contributed by atoms with Gasteiger partial charge in [0.05, 0.1) is 11.7 Å². The molecule has 204 valence electrons. The smallest absolute Gasteiger partial charge is 0.382 e. The first-order valence-electron chi connectivity index (χ1n) is 12.2. The molecule has 2 aliphatic rings. The quantitative estimate of drug-likeness (QED) is 0.291. The van der Waals surface area contributed by atoms with E-state index in [9.17, 15) is 13.2 Å². The van der Waals surface area contributed by atoms with E-state index in [-0.39, 0.29) is 43.0 Å². The van der Waals surface area contributed by atoms with Crippen LogP contribution in [0.3, 0.4) is 0 Å². The highest BCUT2D eigenvalue weighted by Gasteiger charge is 2.53. The van der Waals surface area contributed by atoms with E-state index in [4.69, 9.17) is 17.0 Å². The topological polar surface area (TPSA) is 116 Å². The Hall–Kier alpha value is -4.03. The second-order valence-corrected chi connectivity index (χ2v) is 9.83. The molecule has 0 aromatic carbocycles. The fourth-order valence-corrected chi connectivity index (χ4v) is 5.17. The number of nitrogen functional groups attached to an aromatic ring is 1. The van der Waals surface area contributed by atoms with Gasteiger partial charge in [-0.1, -0.05) is 0 Å². The van der Waals surface area contributed by atoms with E-state index >= 15 is 4.39 Å². The molecule has 0 amide bonds. The van der Waals surface area contributed by atoms with Gasteiger partial charge in [0.1, 0.15) is 42.8 Å². The molecule has 0 unspecified atom stereocenters. The molecule has 6 heterocycles. The van der Waals surface area contributed by atoms with Gasteiger partial charge in [0.15, 0.2) is 11.5 Å². The Morgan fingerprint density at radius 3 is 2.69 bits per heavy atom. The predicted molar refractivity (Wildman–Crippen MR) is 133 cm³/mol. The molecule has 0 aliphatic carbocycles. The Morgan fingerprint density at radius 1 is 1.23 bits per heavy atom. The number of nitrogens with two attached hydrogens (primary N) is 1. The predicted octanol–water partition coefficient (Wildman–Crippen LogP) is 3.06. The number of likely N-dealkylation sites (tertiary alicyclic amines) is 1. The molecule has 0 radical (unpaired) electrons. The van der Waals surface area contributed by atoms with E-state index < -0.39 is 30.6 Å². The molecular weight excluding hydrogens is 520 g/mol. The van der Waals surface area contributed by atoms with Crippen LogP contribution in [-0.4, -0.2) is 84.4 Å². The van der Waals surface area contributed by atoms with Crippen molar-refractivity contribution in [1.29, 1.82) is 0 Å². The maximum atomic E-state index is 15.1. The summed E-state index contributed by atoms with van der Waals surface area (Å²) < 4.78 is 62.2. The van der Waals surface area contributed by atoms with Gasteiger partial charge < -0.3 is 20.4 Å². The summed E-state index contributed by atoms with van der Waals surface area (Å²) in [5, 5.41) is 7.45. The van der Waals surface area contributed by atoms with E-state index in [0.717, 1.165) is 4.57 Å². The highest BCUT2D eigenvalue weighted by molar-refractivity contribution is 5.88. The maximum Gasteiger partial charge on any atom is 0.406 e. The number of pyridine rings is 1. The zero-order chi connectivity index (χ0) is 27.5. The summed E-state index contributed by atoms with van der Waals surface area (Å²) in [5.74, 6) is 0.438. The molecule has 15 heteroatoms. The van der Waals surface area contributed by atoms with Crippen molar-refractivity contribution in [3.8, 4) is 11.3 Å². The first kappa shape index (κ1) is 25.3. The van der Waals surface area contributed by atoms with Crippen LogP contribution in [0, 0.1) is 13.5 Å². The zero-order valence-electron chi connectivity index (χ0n) is 20.8. The fourth-order valence-electron chi connectivity index (χ4n) is 5.17. The molecule has 2 saturated heterocycles. The highest BCUT2D eigenvalue weighted by atomic mass is 19.4. The third-order valence-corrected chi connectivity index (χ3v) is 7.25. The highest BCUT2D eigenvalue weighted by Crippen LogP contribution is 2.33. The van der Waals surface area contributed by atoms with Crippen molar-refractivity contribution < 1.29 is 22.3 Å². The molecule has 6 rings (SSSR count). The van der Waals surface area contributed by atoms with E-state index in [1.807, 2.05) is 4.90 Å². The number of anilines is 2. The van der Waals surface area contributed by atoms with Crippen molar-refractivity contribution in [2.45, 2.75) is 43.9 Å².